The van der Waals surface area contributed by atoms with Crippen molar-refractivity contribution in [3.63, 3.8) is 0 Å². The molecule has 1 saturated heterocycles. The zero-order chi connectivity index (χ0) is 13.9. The van der Waals surface area contributed by atoms with E-state index in [1.807, 2.05) is 11.3 Å². The zero-order valence-electron chi connectivity index (χ0n) is 11.9. The van der Waals surface area contributed by atoms with Gasteiger partial charge in [-0.1, -0.05) is 18.2 Å². The Morgan fingerprint density at radius 3 is 3.05 bits per heavy atom. The lowest BCUT2D eigenvalue weighted by Gasteiger charge is -2.38. The van der Waals surface area contributed by atoms with Crippen molar-refractivity contribution in [2.45, 2.75) is 31.5 Å². The fraction of sp³-hybridized carbons (Fsp3) is 0.500. The summed E-state index contributed by atoms with van der Waals surface area (Å²) >= 11 is 1.83. The van der Waals surface area contributed by atoms with E-state index in [2.05, 4.69) is 34.5 Å². The van der Waals surface area contributed by atoms with Crippen molar-refractivity contribution in [2.24, 2.45) is 5.73 Å². The molecular weight excluding hydrogens is 268 g/mol. The lowest BCUT2D eigenvalue weighted by molar-refractivity contribution is 0.0104. The molecule has 2 aromatic rings. The van der Waals surface area contributed by atoms with Gasteiger partial charge in [0.15, 0.2) is 0 Å². The lowest BCUT2D eigenvalue weighted by Crippen LogP contribution is -2.47. The fourth-order valence-corrected chi connectivity index (χ4v) is 4.06. The monoisotopic (exact) mass is 290 g/mol. The van der Waals surface area contributed by atoms with Crippen LogP contribution in [0.3, 0.4) is 0 Å². The molecule has 108 valence electrons. The van der Waals surface area contributed by atoms with Crippen LogP contribution in [0.25, 0.3) is 10.1 Å². The molecule has 20 heavy (non-hydrogen) atoms. The molecule has 0 amide bonds. The van der Waals surface area contributed by atoms with Crippen molar-refractivity contribution >= 4 is 21.4 Å². The minimum absolute atomic E-state index is 0.374. The third kappa shape index (κ3) is 2.74. The van der Waals surface area contributed by atoms with Crippen molar-refractivity contribution < 1.29 is 4.74 Å². The number of fused-ring (bicyclic) bond motifs is 1. The smallest absolute Gasteiger partial charge is 0.0599 e. The number of rotatable bonds is 4. The highest BCUT2D eigenvalue weighted by Crippen LogP contribution is 2.29. The molecule has 1 fully saturated rings. The van der Waals surface area contributed by atoms with Gasteiger partial charge in [-0.15, -0.1) is 11.3 Å². The molecule has 2 N–H and O–H groups in total. The molecule has 2 heterocycles. The normalized spacial score (nSPS) is 24.3. The third-order valence-corrected chi connectivity index (χ3v) is 5.34. The summed E-state index contributed by atoms with van der Waals surface area (Å²) < 4.78 is 6.87. The predicted molar refractivity (Wildman–Crippen MR) is 85.1 cm³/mol. The number of likely N-dealkylation sites (tertiary alicyclic amines) is 1. The van der Waals surface area contributed by atoms with Crippen LogP contribution >= 0.6 is 11.3 Å². The van der Waals surface area contributed by atoms with E-state index in [1.54, 1.807) is 7.11 Å². The molecule has 1 aliphatic rings. The van der Waals surface area contributed by atoms with E-state index in [1.165, 1.54) is 15.6 Å². The van der Waals surface area contributed by atoms with E-state index in [0.29, 0.717) is 18.7 Å². The van der Waals surface area contributed by atoms with Crippen molar-refractivity contribution in [1.29, 1.82) is 0 Å². The Balaban J connectivity index is 1.76. The highest BCUT2D eigenvalue weighted by molar-refractivity contribution is 7.17. The van der Waals surface area contributed by atoms with Crippen molar-refractivity contribution in [2.75, 3.05) is 20.2 Å². The molecule has 0 saturated carbocycles. The molecule has 1 aliphatic heterocycles. The predicted octanol–water partition coefficient (Wildman–Crippen LogP) is 2.84. The Morgan fingerprint density at radius 2 is 2.25 bits per heavy atom. The van der Waals surface area contributed by atoms with Crippen LogP contribution in [0.15, 0.2) is 29.6 Å². The highest BCUT2D eigenvalue weighted by atomic mass is 32.1. The summed E-state index contributed by atoms with van der Waals surface area (Å²) in [7, 11) is 1.81. The first-order chi connectivity index (χ1) is 9.81. The summed E-state index contributed by atoms with van der Waals surface area (Å²) in [6.45, 7) is 2.79. The van der Waals surface area contributed by atoms with Crippen molar-refractivity contribution in [1.82, 2.24) is 4.90 Å². The Kier molecular flexibility index (Phi) is 4.36. The first-order valence-corrected chi connectivity index (χ1v) is 8.11. The van der Waals surface area contributed by atoms with Crippen LogP contribution in [0.4, 0.5) is 0 Å². The molecule has 0 radical (unpaired) electrons. The Morgan fingerprint density at radius 1 is 1.40 bits per heavy atom. The van der Waals surface area contributed by atoms with Crippen molar-refractivity contribution in [3.8, 4) is 0 Å². The first kappa shape index (κ1) is 14.0. The molecule has 3 rings (SSSR count). The van der Waals surface area contributed by atoms with Gasteiger partial charge in [-0.3, -0.25) is 4.90 Å². The second-order valence-electron chi connectivity index (χ2n) is 5.50. The average Bonchev–Trinajstić information content (AvgIpc) is 2.91. The van der Waals surface area contributed by atoms with Crippen LogP contribution in [-0.2, 0) is 11.3 Å². The van der Waals surface area contributed by atoms with E-state index >= 15 is 0 Å². The van der Waals surface area contributed by atoms with Gasteiger partial charge in [0.1, 0.15) is 0 Å². The first-order valence-electron chi connectivity index (χ1n) is 7.24. The molecule has 2 unspecified atom stereocenters. The van der Waals surface area contributed by atoms with Gasteiger partial charge >= 0.3 is 0 Å². The number of ether oxygens (including phenoxy) is 1. The molecule has 3 nitrogen and oxygen atoms in total. The molecule has 4 heteroatoms. The number of thiophene rings is 1. The third-order valence-electron chi connectivity index (χ3n) is 4.33. The van der Waals surface area contributed by atoms with Crippen LogP contribution < -0.4 is 5.73 Å². The quantitative estimate of drug-likeness (QED) is 0.941. The number of benzene rings is 1. The van der Waals surface area contributed by atoms with E-state index in [-0.39, 0.29) is 0 Å². The Hall–Kier alpha value is -0.940. The summed E-state index contributed by atoms with van der Waals surface area (Å²) in [5, 5.41) is 3.68. The lowest BCUT2D eigenvalue weighted by atomic mass is 9.98. The van der Waals surface area contributed by atoms with Crippen LogP contribution in [0, 0.1) is 0 Å². The summed E-state index contributed by atoms with van der Waals surface area (Å²) in [6.07, 6.45) is 2.53. The summed E-state index contributed by atoms with van der Waals surface area (Å²) in [6, 6.07) is 9.08. The molecular formula is C16H22N2OS. The maximum Gasteiger partial charge on any atom is 0.0599 e. The van der Waals surface area contributed by atoms with Crippen LogP contribution in [0.1, 0.15) is 18.4 Å². The van der Waals surface area contributed by atoms with Crippen LogP contribution in [-0.4, -0.2) is 37.2 Å². The van der Waals surface area contributed by atoms with Gasteiger partial charge in [-0.05, 0) is 35.2 Å². The van der Waals surface area contributed by atoms with Crippen molar-refractivity contribution in [3.05, 3.63) is 35.2 Å². The molecule has 1 aromatic heterocycles. The minimum atomic E-state index is 0.374. The van der Waals surface area contributed by atoms with Gasteiger partial charge in [-0.25, -0.2) is 0 Å². The molecule has 0 spiro atoms. The highest BCUT2D eigenvalue weighted by Gasteiger charge is 2.27. The van der Waals surface area contributed by atoms with Gasteiger partial charge in [0, 0.05) is 37.5 Å². The molecule has 1 aromatic carbocycles. The maximum absolute atomic E-state index is 5.96. The fourth-order valence-electron chi connectivity index (χ4n) is 3.10. The summed E-state index contributed by atoms with van der Waals surface area (Å²) in [4.78, 5) is 2.52. The Bertz CT molecular complexity index is 568. The average molecular weight is 290 g/mol. The van der Waals surface area contributed by atoms with Crippen LogP contribution in [0.2, 0.25) is 0 Å². The van der Waals surface area contributed by atoms with E-state index < -0.39 is 0 Å². The maximum atomic E-state index is 5.96. The van der Waals surface area contributed by atoms with E-state index in [0.717, 1.165) is 25.9 Å². The summed E-state index contributed by atoms with van der Waals surface area (Å²) in [5.74, 6) is 0. The minimum Gasteiger partial charge on any atom is -0.381 e. The second-order valence-corrected chi connectivity index (χ2v) is 6.41. The molecule has 2 atom stereocenters. The van der Waals surface area contributed by atoms with Gasteiger partial charge in [0.25, 0.3) is 0 Å². The molecule has 0 bridgehead atoms. The number of methoxy groups -OCH3 is 1. The number of hydrogen-bond donors (Lipinski definition) is 1. The molecule has 0 aliphatic carbocycles. The Labute approximate surface area is 124 Å². The van der Waals surface area contributed by atoms with Gasteiger partial charge in [-0.2, -0.15) is 0 Å². The largest absolute Gasteiger partial charge is 0.381 e. The van der Waals surface area contributed by atoms with Crippen LogP contribution in [0.5, 0.6) is 0 Å². The number of nitrogens with two attached hydrogens (primary N) is 1. The van der Waals surface area contributed by atoms with Gasteiger partial charge in [0.05, 0.1) is 6.10 Å². The number of piperidine rings is 1. The number of hydrogen-bond acceptors (Lipinski definition) is 4. The van der Waals surface area contributed by atoms with E-state index in [4.69, 9.17) is 10.5 Å². The summed E-state index contributed by atoms with van der Waals surface area (Å²) in [5.41, 5.74) is 7.39. The second kappa shape index (κ2) is 6.22. The number of nitrogens with zero attached hydrogens (tertiary/aromatic N) is 1. The zero-order valence-corrected chi connectivity index (χ0v) is 12.7. The topological polar surface area (TPSA) is 38.5 Å². The van der Waals surface area contributed by atoms with Gasteiger partial charge < -0.3 is 10.5 Å². The van der Waals surface area contributed by atoms with Gasteiger partial charge in [0.2, 0.25) is 0 Å². The standard InChI is InChI=1S/C16H22N2OS/c1-19-14-6-7-18(13(8-14)9-17)10-12-11-20-16-5-3-2-4-15(12)16/h2-5,11,13-14H,6-10,17H2,1H3. The SMILES string of the molecule is COC1CCN(Cc2csc3ccccc23)C(CN)C1. The van der Waals surface area contributed by atoms with E-state index in [9.17, 15) is 0 Å².